The van der Waals surface area contributed by atoms with Gasteiger partial charge in [0.15, 0.2) is 0 Å². The summed E-state index contributed by atoms with van der Waals surface area (Å²) in [5.74, 6) is 0. The van der Waals surface area contributed by atoms with Gasteiger partial charge in [0.05, 0.1) is 12.6 Å². The number of nitrogens with one attached hydrogen (secondary N) is 1. The van der Waals surface area contributed by atoms with Crippen molar-refractivity contribution in [3.63, 3.8) is 0 Å². The largest absolute Gasteiger partial charge is 0.385 e. The summed E-state index contributed by atoms with van der Waals surface area (Å²) in [6.45, 7) is 7.27. The van der Waals surface area contributed by atoms with Gasteiger partial charge in [0.2, 0.25) is 0 Å². The van der Waals surface area contributed by atoms with Gasteiger partial charge in [-0.1, -0.05) is 0 Å². The van der Waals surface area contributed by atoms with Crippen LogP contribution in [0.1, 0.15) is 30.1 Å². The molecule has 98 valence electrons. The van der Waals surface area contributed by atoms with Crippen molar-refractivity contribution in [1.82, 2.24) is 10.3 Å². The third kappa shape index (κ3) is 6.12. The van der Waals surface area contributed by atoms with Crippen molar-refractivity contribution in [2.24, 2.45) is 0 Å². The molecule has 1 unspecified atom stereocenters. The van der Waals surface area contributed by atoms with Gasteiger partial charge in [-0.25, -0.2) is 4.98 Å². The smallest absolute Gasteiger partial charge is 0.110 e. The molecule has 0 radical (unpaired) electrons. The fourth-order valence-electron chi connectivity index (χ4n) is 1.41. The molecule has 1 aromatic rings. The van der Waals surface area contributed by atoms with Crippen molar-refractivity contribution in [3.05, 3.63) is 16.1 Å². The first kappa shape index (κ1) is 14.6. The average Bonchev–Trinajstić information content (AvgIpc) is 2.74. The summed E-state index contributed by atoms with van der Waals surface area (Å²) in [7, 11) is 1.71. The lowest BCUT2D eigenvalue weighted by Gasteiger charge is -2.11. The van der Waals surface area contributed by atoms with Gasteiger partial charge < -0.3 is 14.8 Å². The molecule has 1 rings (SSSR count). The molecule has 0 amide bonds. The van der Waals surface area contributed by atoms with E-state index >= 15 is 0 Å². The topological polar surface area (TPSA) is 43.4 Å². The van der Waals surface area contributed by atoms with E-state index in [2.05, 4.69) is 22.6 Å². The SMILES string of the molecule is COCCCOCCNC(C)c1nc(C)cs1. The first-order chi connectivity index (χ1) is 8.24. The minimum Gasteiger partial charge on any atom is -0.385 e. The highest BCUT2D eigenvalue weighted by molar-refractivity contribution is 7.09. The molecule has 17 heavy (non-hydrogen) atoms. The normalized spacial score (nSPS) is 12.9. The predicted octanol–water partition coefficient (Wildman–Crippen LogP) is 2.16. The van der Waals surface area contributed by atoms with E-state index in [-0.39, 0.29) is 0 Å². The van der Waals surface area contributed by atoms with Crippen LogP contribution in [0.3, 0.4) is 0 Å². The van der Waals surface area contributed by atoms with Crippen molar-refractivity contribution < 1.29 is 9.47 Å². The molecule has 0 aromatic carbocycles. The predicted molar refractivity (Wildman–Crippen MR) is 70.6 cm³/mol. The van der Waals surface area contributed by atoms with Crippen LogP contribution in [0.2, 0.25) is 0 Å². The van der Waals surface area contributed by atoms with E-state index in [0.29, 0.717) is 6.04 Å². The Morgan fingerprint density at radius 3 is 2.88 bits per heavy atom. The Morgan fingerprint density at radius 1 is 1.41 bits per heavy atom. The lowest BCUT2D eigenvalue weighted by molar-refractivity contribution is 0.103. The Labute approximate surface area is 107 Å². The molecule has 1 aromatic heterocycles. The van der Waals surface area contributed by atoms with E-state index in [1.54, 1.807) is 18.4 Å². The lowest BCUT2D eigenvalue weighted by atomic mass is 10.3. The molecule has 0 saturated heterocycles. The second kappa shape index (κ2) is 8.58. The number of ether oxygens (including phenoxy) is 2. The fraction of sp³-hybridized carbons (Fsp3) is 0.750. The van der Waals surface area contributed by atoms with Crippen LogP contribution in [-0.4, -0.2) is 38.5 Å². The minimum atomic E-state index is 0.302. The molecule has 0 aliphatic heterocycles. The van der Waals surface area contributed by atoms with Gasteiger partial charge in [-0.3, -0.25) is 0 Å². The third-order valence-corrected chi connectivity index (χ3v) is 3.49. The number of hydrogen-bond acceptors (Lipinski definition) is 5. The van der Waals surface area contributed by atoms with Gasteiger partial charge in [-0.2, -0.15) is 0 Å². The van der Waals surface area contributed by atoms with Crippen LogP contribution in [0.4, 0.5) is 0 Å². The second-order valence-electron chi connectivity index (χ2n) is 3.96. The number of rotatable bonds is 9. The number of nitrogens with zero attached hydrogens (tertiary/aromatic N) is 1. The first-order valence-electron chi connectivity index (χ1n) is 5.96. The highest BCUT2D eigenvalue weighted by Gasteiger charge is 2.07. The number of hydrogen-bond donors (Lipinski definition) is 1. The minimum absolute atomic E-state index is 0.302. The Hall–Kier alpha value is -0.490. The zero-order valence-corrected chi connectivity index (χ0v) is 11.7. The van der Waals surface area contributed by atoms with Gasteiger partial charge >= 0.3 is 0 Å². The van der Waals surface area contributed by atoms with Crippen molar-refractivity contribution in [1.29, 1.82) is 0 Å². The molecule has 0 fully saturated rings. The highest BCUT2D eigenvalue weighted by Crippen LogP contribution is 2.16. The zero-order chi connectivity index (χ0) is 12.5. The zero-order valence-electron chi connectivity index (χ0n) is 10.9. The van der Waals surface area contributed by atoms with Gasteiger partial charge in [-0.15, -0.1) is 11.3 Å². The molecule has 1 atom stereocenters. The van der Waals surface area contributed by atoms with Gasteiger partial charge in [-0.05, 0) is 20.3 Å². The average molecular weight is 258 g/mol. The van der Waals surface area contributed by atoms with Gasteiger partial charge in [0.25, 0.3) is 0 Å². The molecule has 0 saturated carbocycles. The van der Waals surface area contributed by atoms with Crippen molar-refractivity contribution in [2.75, 3.05) is 33.5 Å². The summed E-state index contributed by atoms with van der Waals surface area (Å²) in [4.78, 5) is 4.45. The molecule has 0 aliphatic carbocycles. The summed E-state index contributed by atoms with van der Waals surface area (Å²) in [6.07, 6.45) is 0.956. The van der Waals surface area contributed by atoms with E-state index in [1.165, 1.54) is 0 Å². The molecule has 0 bridgehead atoms. The van der Waals surface area contributed by atoms with Crippen molar-refractivity contribution >= 4 is 11.3 Å². The number of methoxy groups -OCH3 is 1. The third-order valence-electron chi connectivity index (χ3n) is 2.34. The van der Waals surface area contributed by atoms with Crippen LogP contribution in [-0.2, 0) is 9.47 Å². The van der Waals surface area contributed by atoms with Crippen LogP contribution in [0.5, 0.6) is 0 Å². The monoisotopic (exact) mass is 258 g/mol. The van der Waals surface area contributed by atoms with E-state index in [4.69, 9.17) is 9.47 Å². The maximum Gasteiger partial charge on any atom is 0.110 e. The lowest BCUT2D eigenvalue weighted by Crippen LogP contribution is -2.23. The highest BCUT2D eigenvalue weighted by atomic mass is 32.1. The van der Waals surface area contributed by atoms with E-state index < -0.39 is 0 Å². The number of thiazole rings is 1. The van der Waals surface area contributed by atoms with Gasteiger partial charge in [0.1, 0.15) is 5.01 Å². The maximum atomic E-state index is 5.47. The Balaban J connectivity index is 2.03. The van der Waals surface area contributed by atoms with Gasteiger partial charge in [0, 0.05) is 37.9 Å². The van der Waals surface area contributed by atoms with Crippen molar-refractivity contribution in [3.8, 4) is 0 Å². The maximum absolute atomic E-state index is 5.47. The molecular formula is C12H22N2O2S. The standard InChI is InChI=1S/C12H22N2O2S/c1-10-9-17-12(14-10)11(2)13-5-8-16-7-4-6-15-3/h9,11,13H,4-8H2,1-3H3. The summed E-state index contributed by atoms with van der Waals surface area (Å²) in [6, 6.07) is 0.302. The van der Waals surface area contributed by atoms with E-state index in [1.807, 2.05) is 6.92 Å². The second-order valence-corrected chi connectivity index (χ2v) is 4.85. The van der Waals surface area contributed by atoms with Crippen LogP contribution in [0, 0.1) is 6.92 Å². The van der Waals surface area contributed by atoms with Crippen LogP contribution in [0.25, 0.3) is 0 Å². The number of aromatic nitrogens is 1. The summed E-state index contributed by atoms with van der Waals surface area (Å²) < 4.78 is 10.4. The summed E-state index contributed by atoms with van der Waals surface area (Å²) >= 11 is 1.70. The van der Waals surface area contributed by atoms with Crippen LogP contribution < -0.4 is 5.32 Å². The molecule has 1 heterocycles. The van der Waals surface area contributed by atoms with Crippen molar-refractivity contribution in [2.45, 2.75) is 26.3 Å². The number of aryl methyl sites for hydroxylation is 1. The van der Waals surface area contributed by atoms with Crippen LogP contribution in [0.15, 0.2) is 5.38 Å². The first-order valence-corrected chi connectivity index (χ1v) is 6.84. The van der Waals surface area contributed by atoms with E-state index in [9.17, 15) is 0 Å². The molecule has 0 aliphatic rings. The summed E-state index contributed by atoms with van der Waals surface area (Å²) in [5.41, 5.74) is 1.09. The quantitative estimate of drug-likeness (QED) is 0.689. The molecule has 5 heteroatoms. The van der Waals surface area contributed by atoms with Crippen LogP contribution >= 0.6 is 11.3 Å². The Bertz CT molecular complexity index is 304. The fourth-order valence-corrected chi connectivity index (χ4v) is 2.24. The Kier molecular flexibility index (Phi) is 7.35. The molecule has 0 spiro atoms. The van der Waals surface area contributed by atoms with E-state index in [0.717, 1.165) is 43.5 Å². The summed E-state index contributed by atoms with van der Waals surface area (Å²) in [5, 5.41) is 6.61. The molecular weight excluding hydrogens is 236 g/mol. The molecule has 4 nitrogen and oxygen atoms in total. The Morgan fingerprint density at radius 2 is 2.24 bits per heavy atom. The molecule has 1 N–H and O–H groups in total.